The zero-order valence-corrected chi connectivity index (χ0v) is 24.7. The Balaban J connectivity index is 1.57. The lowest BCUT2D eigenvalue weighted by molar-refractivity contribution is 0.0569. The van der Waals surface area contributed by atoms with Crippen molar-refractivity contribution < 1.29 is 19.1 Å². The fourth-order valence-corrected chi connectivity index (χ4v) is 5.53. The first kappa shape index (κ1) is 29.2. The third-order valence-electron chi connectivity index (χ3n) is 7.84. The number of benzene rings is 2. The van der Waals surface area contributed by atoms with Gasteiger partial charge in [-0.3, -0.25) is 9.59 Å². The number of aromatic nitrogens is 2. The van der Waals surface area contributed by atoms with Crippen LogP contribution in [0.25, 0.3) is 5.69 Å². The van der Waals surface area contributed by atoms with Gasteiger partial charge in [0.05, 0.1) is 17.3 Å². The van der Waals surface area contributed by atoms with Gasteiger partial charge < -0.3 is 25.2 Å². The topological polar surface area (TPSA) is 109 Å². The molecule has 2 aliphatic heterocycles. The molecular formula is C32H40N6O4. The maximum Gasteiger partial charge on any atom is 0.319 e. The number of ether oxygens (including phenoxy) is 1. The second-order valence-electron chi connectivity index (χ2n) is 10.9. The lowest BCUT2D eigenvalue weighted by Gasteiger charge is -2.36. The van der Waals surface area contributed by atoms with E-state index in [-0.39, 0.29) is 36.2 Å². The summed E-state index contributed by atoms with van der Waals surface area (Å²) >= 11 is 0. The normalized spacial score (nSPS) is 15.5. The number of fused-ring (bicyclic) bond motifs is 5. The van der Waals surface area contributed by atoms with Crippen molar-refractivity contribution in [3.63, 3.8) is 0 Å². The molecule has 0 saturated heterocycles. The number of rotatable bonds is 9. The Hall–Kier alpha value is -4.34. The van der Waals surface area contributed by atoms with Crippen LogP contribution in [0.3, 0.4) is 0 Å². The SMILES string of the molecule is CCCCN(CCCC)C(=O)c1cc2n(n1)-c1ccc(NC(=O)NCC)cc1C(=O)N1Cc3ccccc3CC1CO2. The number of urea groups is 1. The molecule has 2 aromatic carbocycles. The second kappa shape index (κ2) is 13.1. The van der Waals surface area contributed by atoms with Crippen LogP contribution in [0.1, 0.15) is 78.4 Å². The monoisotopic (exact) mass is 572 g/mol. The van der Waals surface area contributed by atoms with Crippen LogP contribution in [-0.2, 0) is 13.0 Å². The Morgan fingerprint density at radius 2 is 1.76 bits per heavy atom. The molecule has 0 radical (unpaired) electrons. The highest BCUT2D eigenvalue weighted by Crippen LogP contribution is 2.32. The van der Waals surface area contributed by atoms with Crippen molar-refractivity contribution in [3.05, 3.63) is 70.9 Å². The molecule has 5 rings (SSSR count). The van der Waals surface area contributed by atoms with Gasteiger partial charge >= 0.3 is 6.03 Å². The molecule has 3 heterocycles. The fourth-order valence-electron chi connectivity index (χ4n) is 5.53. The van der Waals surface area contributed by atoms with Crippen molar-refractivity contribution in [2.24, 2.45) is 0 Å². The lowest BCUT2D eigenvalue weighted by Crippen LogP contribution is -2.47. The van der Waals surface area contributed by atoms with Crippen LogP contribution in [0.4, 0.5) is 10.5 Å². The summed E-state index contributed by atoms with van der Waals surface area (Å²) in [6.07, 6.45) is 4.45. The molecular weight excluding hydrogens is 532 g/mol. The minimum atomic E-state index is -0.354. The van der Waals surface area contributed by atoms with Crippen LogP contribution in [0.2, 0.25) is 0 Å². The molecule has 10 heteroatoms. The molecule has 0 fully saturated rings. The highest BCUT2D eigenvalue weighted by molar-refractivity contribution is 6.01. The summed E-state index contributed by atoms with van der Waals surface area (Å²) in [7, 11) is 0. The number of nitrogens with one attached hydrogen (secondary N) is 2. The predicted molar refractivity (Wildman–Crippen MR) is 161 cm³/mol. The molecule has 0 aliphatic carbocycles. The molecule has 10 nitrogen and oxygen atoms in total. The molecule has 1 unspecified atom stereocenters. The Morgan fingerprint density at radius 3 is 2.48 bits per heavy atom. The van der Waals surface area contributed by atoms with Gasteiger partial charge in [0.2, 0.25) is 5.88 Å². The number of carbonyl (C=O) groups is 3. The van der Waals surface area contributed by atoms with E-state index in [2.05, 4.69) is 30.5 Å². The zero-order chi connectivity index (χ0) is 29.6. The molecule has 2 N–H and O–H groups in total. The molecule has 3 aromatic rings. The van der Waals surface area contributed by atoms with Gasteiger partial charge in [0, 0.05) is 37.9 Å². The Labute approximate surface area is 247 Å². The number of carbonyl (C=O) groups excluding carboxylic acids is 3. The molecule has 4 amide bonds. The summed E-state index contributed by atoms with van der Waals surface area (Å²) in [5.74, 6) is 0.0769. The van der Waals surface area contributed by atoms with Gasteiger partial charge in [0.1, 0.15) is 6.61 Å². The van der Waals surface area contributed by atoms with Crippen LogP contribution in [0, 0.1) is 0 Å². The standard InChI is InChI=1S/C32H40N6O4/c1-4-7-15-36(16-8-5-2)31(40)27-19-29-38(35-27)28-14-13-24(34-32(41)33-6-3)18-26(28)30(39)37-20-23-12-10-9-11-22(23)17-25(37)21-42-29/h9-14,18-19,25H,4-8,15-17,20-21H2,1-3H3,(H2,33,34,41). The third kappa shape index (κ3) is 6.12. The number of nitrogens with zero attached hydrogens (tertiary/aromatic N) is 4. The van der Waals surface area contributed by atoms with E-state index >= 15 is 0 Å². The Bertz CT molecular complexity index is 1440. The first-order valence-corrected chi connectivity index (χ1v) is 15.0. The van der Waals surface area contributed by atoms with Gasteiger partial charge in [0.25, 0.3) is 11.8 Å². The summed E-state index contributed by atoms with van der Waals surface area (Å²) in [6, 6.07) is 14.4. The molecule has 2 aliphatic rings. The summed E-state index contributed by atoms with van der Waals surface area (Å²) in [5, 5.41) is 10.2. The number of unbranched alkanes of at least 4 members (excludes halogenated alkanes) is 2. The average Bonchev–Trinajstić information content (AvgIpc) is 3.43. The minimum absolute atomic E-state index is 0.145. The van der Waals surface area contributed by atoms with Crippen molar-refractivity contribution in [1.29, 1.82) is 0 Å². The van der Waals surface area contributed by atoms with Gasteiger partial charge in [-0.2, -0.15) is 9.78 Å². The largest absolute Gasteiger partial charge is 0.475 e. The number of amides is 4. The molecule has 42 heavy (non-hydrogen) atoms. The first-order chi connectivity index (χ1) is 20.4. The number of anilines is 1. The Morgan fingerprint density at radius 1 is 1.02 bits per heavy atom. The summed E-state index contributed by atoms with van der Waals surface area (Å²) in [5.41, 5.74) is 3.92. The molecule has 1 aromatic heterocycles. The highest BCUT2D eigenvalue weighted by atomic mass is 16.5. The smallest absolute Gasteiger partial charge is 0.319 e. The van der Waals surface area contributed by atoms with Crippen LogP contribution in [0.5, 0.6) is 5.88 Å². The highest BCUT2D eigenvalue weighted by Gasteiger charge is 2.35. The van der Waals surface area contributed by atoms with Gasteiger partial charge in [-0.05, 0) is 55.5 Å². The summed E-state index contributed by atoms with van der Waals surface area (Å²) in [6.45, 7) is 8.57. The van der Waals surface area contributed by atoms with Crippen LogP contribution in [0.15, 0.2) is 48.5 Å². The molecule has 0 spiro atoms. The van der Waals surface area contributed by atoms with Crippen molar-refractivity contribution in [2.75, 3.05) is 31.6 Å². The summed E-state index contributed by atoms with van der Waals surface area (Å²) < 4.78 is 7.91. The van der Waals surface area contributed by atoms with E-state index in [9.17, 15) is 14.4 Å². The van der Waals surface area contributed by atoms with Crippen molar-refractivity contribution >= 4 is 23.5 Å². The maximum absolute atomic E-state index is 14.3. The van der Waals surface area contributed by atoms with Crippen molar-refractivity contribution in [1.82, 2.24) is 24.9 Å². The van der Waals surface area contributed by atoms with Crippen LogP contribution in [-0.4, -0.2) is 69.7 Å². The van der Waals surface area contributed by atoms with Gasteiger partial charge in [-0.15, -0.1) is 0 Å². The van der Waals surface area contributed by atoms with E-state index in [0.717, 1.165) is 31.2 Å². The maximum atomic E-state index is 14.3. The van der Waals surface area contributed by atoms with E-state index in [0.29, 0.717) is 55.4 Å². The molecule has 222 valence electrons. The molecule has 1 atom stereocenters. The quantitative estimate of drug-likeness (QED) is 0.375. The first-order valence-electron chi connectivity index (χ1n) is 15.0. The number of hydrogen-bond donors (Lipinski definition) is 2. The minimum Gasteiger partial charge on any atom is -0.475 e. The lowest BCUT2D eigenvalue weighted by atomic mass is 9.93. The van der Waals surface area contributed by atoms with E-state index in [4.69, 9.17) is 9.84 Å². The molecule has 0 bridgehead atoms. The van der Waals surface area contributed by atoms with Gasteiger partial charge in [-0.1, -0.05) is 51.0 Å². The van der Waals surface area contributed by atoms with E-state index in [1.54, 1.807) is 28.9 Å². The fraction of sp³-hybridized carbons (Fsp3) is 0.438. The van der Waals surface area contributed by atoms with Gasteiger partial charge in [0.15, 0.2) is 5.69 Å². The molecule has 0 saturated carbocycles. The van der Waals surface area contributed by atoms with E-state index in [1.807, 2.05) is 34.9 Å². The van der Waals surface area contributed by atoms with Crippen molar-refractivity contribution in [2.45, 2.75) is 65.5 Å². The Kier molecular flexibility index (Phi) is 9.09. The average molecular weight is 573 g/mol. The predicted octanol–water partition coefficient (Wildman–Crippen LogP) is 5.02. The van der Waals surface area contributed by atoms with Crippen molar-refractivity contribution in [3.8, 4) is 11.6 Å². The number of hydrogen-bond acceptors (Lipinski definition) is 5. The van der Waals surface area contributed by atoms with E-state index < -0.39 is 0 Å². The van der Waals surface area contributed by atoms with E-state index in [1.165, 1.54) is 5.56 Å². The second-order valence-corrected chi connectivity index (χ2v) is 10.9. The summed E-state index contributed by atoms with van der Waals surface area (Å²) in [4.78, 5) is 43.9. The van der Waals surface area contributed by atoms with Crippen LogP contribution >= 0.6 is 0 Å². The zero-order valence-electron chi connectivity index (χ0n) is 24.7. The third-order valence-corrected chi connectivity index (χ3v) is 7.84. The van der Waals surface area contributed by atoms with Gasteiger partial charge in [-0.25, -0.2) is 4.79 Å². The van der Waals surface area contributed by atoms with Crippen LogP contribution < -0.4 is 15.4 Å².